The molecule has 4 unspecified atom stereocenters. The molecule has 4 aliphatic rings. The van der Waals surface area contributed by atoms with Crippen molar-refractivity contribution in [3.8, 4) is 17.2 Å². The van der Waals surface area contributed by atoms with Gasteiger partial charge < -0.3 is 59.8 Å². The zero-order valence-corrected chi connectivity index (χ0v) is 28.5. The molecule has 2 aliphatic heterocycles. The van der Waals surface area contributed by atoms with Crippen LogP contribution in [0.4, 0.5) is 0 Å². The van der Waals surface area contributed by atoms with Crippen LogP contribution in [0.15, 0.2) is 18.2 Å². The maximum atomic E-state index is 13.9. The Morgan fingerprint density at radius 3 is 2.40 bits per heavy atom. The minimum absolute atomic E-state index is 0.00666. The van der Waals surface area contributed by atoms with Crippen LogP contribution in [0.5, 0.6) is 17.2 Å². The molecule has 1 amide bonds. The third-order valence-electron chi connectivity index (χ3n) is 10.3. The standard InChI is InChI=1S/C35H40N2O15/c1-14(39)37-12-15(40)7-19(37)20(41)11-36-18-8-24(52-34(50-3)31(18)45)51-22-10-35(48,23(42)13-38)9-17-26(22)33(47)28-27(30(17)44)29(43)16-5-4-6-21(49-2)25(16)32(28)46/h4-6,15,18-19,22,24,31,34,36,38,40,44-45,47-48H,7-13H2,1-3H3/t15-,18?,19+,22+,24?,31?,34?,35+/m1/s1. The largest absolute Gasteiger partial charge is 0.507 e. The lowest BCUT2D eigenvalue weighted by molar-refractivity contribution is -0.310. The first-order chi connectivity index (χ1) is 24.6. The van der Waals surface area contributed by atoms with Crippen LogP contribution in [0.25, 0.3) is 0 Å². The number of ketones is 4. The zero-order valence-electron chi connectivity index (χ0n) is 28.5. The summed E-state index contributed by atoms with van der Waals surface area (Å²) in [7, 11) is 2.53. The quantitative estimate of drug-likeness (QED) is 0.121. The van der Waals surface area contributed by atoms with E-state index in [0.717, 1.165) is 0 Å². The molecular formula is C35H40N2O15. The number of rotatable bonds is 10. The second kappa shape index (κ2) is 14.2. The van der Waals surface area contributed by atoms with E-state index < -0.39 is 114 Å². The van der Waals surface area contributed by atoms with Crippen LogP contribution in [-0.4, -0.2) is 141 Å². The number of methoxy groups -OCH3 is 2. The van der Waals surface area contributed by atoms with E-state index in [1.165, 1.54) is 44.2 Å². The van der Waals surface area contributed by atoms with E-state index in [1.807, 2.05) is 0 Å². The van der Waals surface area contributed by atoms with E-state index in [-0.39, 0.29) is 59.8 Å². The van der Waals surface area contributed by atoms with Crippen molar-refractivity contribution >= 4 is 29.0 Å². The number of amides is 1. The van der Waals surface area contributed by atoms with Crippen molar-refractivity contribution in [1.29, 1.82) is 0 Å². The van der Waals surface area contributed by atoms with Gasteiger partial charge in [-0.25, -0.2) is 0 Å². The summed E-state index contributed by atoms with van der Waals surface area (Å²) in [6.07, 6.45) is -7.84. The Kier molecular flexibility index (Phi) is 10.3. The summed E-state index contributed by atoms with van der Waals surface area (Å²) in [5, 5.41) is 68.5. The number of nitrogens with zero attached hydrogens (tertiary/aromatic N) is 1. The second-order valence-electron chi connectivity index (χ2n) is 13.4. The first-order valence-corrected chi connectivity index (χ1v) is 16.6. The Morgan fingerprint density at radius 1 is 1.04 bits per heavy atom. The van der Waals surface area contributed by atoms with Gasteiger partial charge in [0.1, 0.15) is 35.6 Å². The lowest BCUT2D eigenvalue weighted by atomic mass is 9.72. The first-order valence-electron chi connectivity index (χ1n) is 16.6. The molecule has 6 rings (SSSR count). The van der Waals surface area contributed by atoms with Gasteiger partial charge in [-0.05, 0) is 6.07 Å². The third-order valence-corrected chi connectivity index (χ3v) is 10.3. The van der Waals surface area contributed by atoms with E-state index in [0.29, 0.717) is 0 Å². The van der Waals surface area contributed by atoms with Gasteiger partial charge in [0.2, 0.25) is 11.7 Å². The number of nitrogens with one attached hydrogen (secondary N) is 1. The Hall–Kier alpha value is -4.33. The highest BCUT2D eigenvalue weighted by molar-refractivity contribution is 6.31. The van der Waals surface area contributed by atoms with Crippen LogP contribution in [-0.2, 0) is 35.0 Å². The Bertz CT molecular complexity index is 1830. The van der Waals surface area contributed by atoms with Crippen molar-refractivity contribution < 1.29 is 73.6 Å². The van der Waals surface area contributed by atoms with Crippen molar-refractivity contribution in [2.24, 2.45) is 0 Å². The molecule has 0 spiro atoms. The molecule has 0 saturated carbocycles. The smallest absolute Gasteiger partial charge is 0.220 e. The molecule has 2 aromatic carbocycles. The number of β-amino-alcohol motifs (C(OH)–C–C–N with tert-alkyl or cyclic N) is 1. The SMILES string of the molecule is COc1cccc2c1C(=O)c1c(O)c3c(c(O)c1C2=O)C[C@@](O)(C(=O)CO)C[C@@H]3OC1CC(NCC(=O)[C@@H]2C[C@@H](O)CN2C(C)=O)C(O)C(OC)O1. The summed E-state index contributed by atoms with van der Waals surface area (Å²) in [5.74, 6) is -5.01. The number of ether oxygens (including phenoxy) is 4. The number of phenolic OH excluding ortho intramolecular Hbond substituents is 2. The lowest BCUT2D eigenvalue weighted by Gasteiger charge is -2.43. The fourth-order valence-corrected chi connectivity index (χ4v) is 7.70. The van der Waals surface area contributed by atoms with Crippen LogP contribution in [0.2, 0.25) is 0 Å². The topological polar surface area (TPSA) is 259 Å². The fourth-order valence-electron chi connectivity index (χ4n) is 7.70. The molecule has 0 bridgehead atoms. The number of fused-ring (bicyclic) bond motifs is 3. The van der Waals surface area contributed by atoms with Gasteiger partial charge in [-0.3, -0.25) is 24.0 Å². The van der Waals surface area contributed by atoms with Gasteiger partial charge in [0, 0.05) is 69.0 Å². The average molecular weight is 729 g/mol. The van der Waals surface area contributed by atoms with Crippen LogP contribution in [0, 0.1) is 0 Å². The molecule has 8 atom stereocenters. The number of aliphatic hydroxyl groups excluding tert-OH is 3. The van der Waals surface area contributed by atoms with Crippen LogP contribution >= 0.6 is 0 Å². The number of hydrogen-bond donors (Lipinski definition) is 7. The van der Waals surface area contributed by atoms with Crippen molar-refractivity contribution in [3.63, 3.8) is 0 Å². The minimum Gasteiger partial charge on any atom is -0.507 e. The van der Waals surface area contributed by atoms with Crippen molar-refractivity contribution in [2.45, 2.75) is 81.2 Å². The van der Waals surface area contributed by atoms with Crippen molar-refractivity contribution in [2.75, 3.05) is 33.9 Å². The molecule has 17 heteroatoms. The van der Waals surface area contributed by atoms with Crippen molar-refractivity contribution in [3.05, 3.63) is 51.6 Å². The number of benzene rings is 2. The summed E-state index contributed by atoms with van der Waals surface area (Å²) < 4.78 is 22.6. The van der Waals surface area contributed by atoms with E-state index in [4.69, 9.17) is 18.9 Å². The molecular weight excluding hydrogens is 688 g/mol. The maximum Gasteiger partial charge on any atom is 0.220 e. The fraction of sp³-hybridized carbons (Fsp3) is 0.514. The predicted octanol–water partition coefficient (Wildman–Crippen LogP) is -1.23. The molecule has 280 valence electrons. The molecule has 0 aromatic heterocycles. The summed E-state index contributed by atoms with van der Waals surface area (Å²) in [6.45, 7) is -0.135. The minimum atomic E-state index is -2.37. The van der Waals surface area contributed by atoms with Gasteiger partial charge in [-0.15, -0.1) is 0 Å². The summed E-state index contributed by atoms with van der Waals surface area (Å²) >= 11 is 0. The summed E-state index contributed by atoms with van der Waals surface area (Å²) in [6, 6.07) is 2.44. The van der Waals surface area contributed by atoms with Gasteiger partial charge in [0.05, 0.1) is 48.6 Å². The van der Waals surface area contributed by atoms with Crippen LogP contribution < -0.4 is 10.1 Å². The number of carbonyl (C=O) groups is 5. The monoisotopic (exact) mass is 728 g/mol. The third kappa shape index (κ3) is 6.26. The van der Waals surface area contributed by atoms with E-state index >= 15 is 0 Å². The number of aromatic hydroxyl groups is 2. The van der Waals surface area contributed by atoms with Gasteiger partial charge in [-0.1, -0.05) is 12.1 Å². The van der Waals surface area contributed by atoms with Gasteiger partial charge in [0.15, 0.2) is 29.9 Å². The van der Waals surface area contributed by atoms with Gasteiger partial charge in [0.25, 0.3) is 0 Å². The number of hydrogen-bond acceptors (Lipinski definition) is 16. The van der Waals surface area contributed by atoms with Gasteiger partial charge >= 0.3 is 0 Å². The number of carbonyl (C=O) groups excluding carboxylic acids is 5. The number of phenols is 2. The number of likely N-dealkylation sites (tertiary alicyclic amines) is 1. The maximum absolute atomic E-state index is 13.9. The lowest BCUT2D eigenvalue weighted by Crippen LogP contribution is -2.57. The van der Waals surface area contributed by atoms with E-state index in [2.05, 4.69) is 5.32 Å². The zero-order chi connectivity index (χ0) is 37.8. The molecule has 52 heavy (non-hydrogen) atoms. The van der Waals surface area contributed by atoms with Gasteiger partial charge in [-0.2, -0.15) is 0 Å². The molecule has 17 nitrogen and oxygen atoms in total. The number of Topliss-reactive ketones (excluding diaryl/α,β-unsaturated/α-hetero) is 2. The Morgan fingerprint density at radius 2 is 1.75 bits per heavy atom. The molecule has 2 fully saturated rings. The Labute approximate surface area is 296 Å². The highest BCUT2D eigenvalue weighted by Crippen LogP contribution is 2.52. The average Bonchev–Trinajstić information content (AvgIpc) is 3.53. The Balaban J connectivity index is 1.34. The molecule has 2 aliphatic carbocycles. The summed E-state index contributed by atoms with van der Waals surface area (Å²) in [4.78, 5) is 67.0. The van der Waals surface area contributed by atoms with Crippen LogP contribution in [0.3, 0.4) is 0 Å². The van der Waals surface area contributed by atoms with E-state index in [9.17, 15) is 54.6 Å². The summed E-state index contributed by atoms with van der Waals surface area (Å²) in [5.41, 5.74) is -4.23. The molecule has 2 heterocycles. The first kappa shape index (κ1) is 37.4. The normalized spacial score (nSPS) is 29.7. The van der Waals surface area contributed by atoms with Crippen molar-refractivity contribution in [1.82, 2.24) is 10.2 Å². The molecule has 2 aromatic rings. The molecule has 7 N–H and O–H groups in total. The number of aliphatic hydroxyl groups is 4. The van der Waals surface area contributed by atoms with Crippen LogP contribution in [0.1, 0.15) is 75.3 Å². The van der Waals surface area contributed by atoms with E-state index in [1.54, 1.807) is 0 Å². The second-order valence-corrected chi connectivity index (χ2v) is 13.4. The highest BCUT2D eigenvalue weighted by atomic mass is 16.8. The highest BCUT2D eigenvalue weighted by Gasteiger charge is 2.51. The predicted molar refractivity (Wildman–Crippen MR) is 174 cm³/mol. The molecule has 0 radical (unpaired) electrons. The molecule has 2 saturated heterocycles.